The maximum Gasteiger partial charge on any atom is 0.130 e. The van der Waals surface area contributed by atoms with Crippen LogP contribution in [0.2, 0.25) is 0 Å². The third-order valence-electron chi connectivity index (χ3n) is 4.09. The number of fused-ring (bicyclic) bond motifs is 1. The van der Waals surface area contributed by atoms with Crippen molar-refractivity contribution >= 4 is 10.8 Å². The number of benzene rings is 2. The summed E-state index contributed by atoms with van der Waals surface area (Å²) in [5, 5.41) is 12.8. The van der Waals surface area contributed by atoms with Gasteiger partial charge in [0.2, 0.25) is 0 Å². The number of aromatic hydroxyl groups is 1. The molecule has 0 aliphatic carbocycles. The van der Waals surface area contributed by atoms with E-state index in [2.05, 4.69) is 20.4 Å². The molecule has 0 fully saturated rings. The molecular weight excluding hydrogens is 272 g/mol. The van der Waals surface area contributed by atoms with Gasteiger partial charge in [-0.05, 0) is 38.0 Å². The van der Waals surface area contributed by atoms with Crippen LogP contribution in [-0.2, 0) is 6.42 Å². The van der Waals surface area contributed by atoms with Gasteiger partial charge in [0.25, 0.3) is 0 Å². The van der Waals surface area contributed by atoms with Crippen LogP contribution >= 0.6 is 0 Å². The molecule has 2 aromatic rings. The number of hydrogen-bond acceptors (Lipinski definition) is 2. The van der Waals surface area contributed by atoms with Crippen LogP contribution in [0.4, 0.5) is 0 Å². The average Bonchev–Trinajstić information content (AvgIpc) is 2.50. The first-order valence-electron chi connectivity index (χ1n) is 8.05. The summed E-state index contributed by atoms with van der Waals surface area (Å²) >= 11 is 0. The lowest BCUT2D eigenvalue weighted by atomic mass is 9.89. The van der Waals surface area contributed by atoms with Crippen molar-refractivity contribution < 1.29 is 9.84 Å². The number of ether oxygens (including phenoxy) is 1. The van der Waals surface area contributed by atoms with E-state index in [1.54, 1.807) is 0 Å². The summed E-state index contributed by atoms with van der Waals surface area (Å²) in [5.74, 6) is 1.43. The molecule has 0 radical (unpaired) electrons. The standard InChI is InChI=1S/C20H26O2/c1-6-10-17-15-11-8-9-12-16(15)19(21)18(14(5)7-2)20(17)22-13(3)4/h6,8-9,11-14,21H,1,7,10H2,2-5H3. The highest BCUT2D eigenvalue weighted by molar-refractivity contribution is 5.95. The molecule has 2 heteroatoms. The molecule has 0 amide bonds. The first kappa shape index (κ1) is 16.4. The van der Waals surface area contributed by atoms with E-state index in [9.17, 15) is 5.11 Å². The van der Waals surface area contributed by atoms with Crippen molar-refractivity contribution in [1.29, 1.82) is 0 Å². The van der Waals surface area contributed by atoms with Crippen LogP contribution in [0.25, 0.3) is 10.8 Å². The zero-order chi connectivity index (χ0) is 16.3. The van der Waals surface area contributed by atoms with Gasteiger partial charge in [-0.3, -0.25) is 0 Å². The van der Waals surface area contributed by atoms with Gasteiger partial charge < -0.3 is 9.84 Å². The first-order valence-corrected chi connectivity index (χ1v) is 8.05. The van der Waals surface area contributed by atoms with Gasteiger partial charge in [-0.25, -0.2) is 0 Å². The van der Waals surface area contributed by atoms with E-state index in [0.29, 0.717) is 5.75 Å². The maximum atomic E-state index is 10.8. The molecule has 2 nitrogen and oxygen atoms in total. The summed E-state index contributed by atoms with van der Waals surface area (Å²) in [5.41, 5.74) is 2.04. The van der Waals surface area contributed by atoms with Gasteiger partial charge in [-0.2, -0.15) is 0 Å². The van der Waals surface area contributed by atoms with Crippen molar-refractivity contribution in [3.8, 4) is 11.5 Å². The predicted molar refractivity (Wildman–Crippen MR) is 94.0 cm³/mol. The molecule has 118 valence electrons. The monoisotopic (exact) mass is 298 g/mol. The Morgan fingerprint density at radius 1 is 1.18 bits per heavy atom. The van der Waals surface area contributed by atoms with Gasteiger partial charge in [0, 0.05) is 16.5 Å². The summed E-state index contributed by atoms with van der Waals surface area (Å²) in [7, 11) is 0. The van der Waals surface area contributed by atoms with Crippen LogP contribution in [0.1, 0.15) is 51.2 Å². The lowest BCUT2D eigenvalue weighted by Crippen LogP contribution is -2.11. The second-order valence-corrected chi connectivity index (χ2v) is 6.08. The zero-order valence-corrected chi connectivity index (χ0v) is 14.0. The van der Waals surface area contributed by atoms with Crippen LogP contribution in [-0.4, -0.2) is 11.2 Å². The Morgan fingerprint density at radius 2 is 1.82 bits per heavy atom. The van der Waals surface area contributed by atoms with Crippen molar-refractivity contribution in [3.05, 3.63) is 48.0 Å². The molecule has 0 aliphatic rings. The number of allylic oxidation sites excluding steroid dienone is 1. The van der Waals surface area contributed by atoms with Gasteiger partial charge in [-0.1, -0.05) is 44.2 Å². The second kappa shape index (κ2) is 6.87. The molecule has 0 saturated carbocycles. The van der Waals surface area contributed by atoms with Crippen molar-refractivity contribution in [2.45, 2.75) is 52.6 Å². The van der Waals surface area contributed by atoms with E-state index in [1.807, 2.05) is 44.2 Å². The second-order valence-electron chi connectivity index (χ2n) is 6.08. The molecule has 0 spiro atoms. The Bertz CT molecular complexity index is 671. The van der Waals surface area contributed by atoms with Gasteiger partial charge in [0.05, 0.1) is 6.10 Å². The minimum Gasteiger partial charge on any atom is -0.507 e. The first-order chi connectivity index (χ1) is 10.5. The van der Waals surface area contributed by atoms with E-state index in [4.69, 9.17) is 4.74 Å². The van der Waals surface area contributed by atoms with Crippen LogP contribution < -0.4 is 4.74 Å². The summed E-state index contributed by atoms with van der Waals surface area (Å²) in [4.78, 5) is 0. The van der Waals surface area contributed by atoms with Crippen molar-refractivity contribution in [3.63, 3.8) is 0 Å². The lowest BCUT2D eigenvalue weighted by molar-refractivity contribution is 0.236. The maximum absolute atomic E-state index is 10.8. The minimum absolute atomic E-state index is 0.0620. The molecule has 0 heterocycles. The number of rotatable bonds is 6. The van der Waals surface area contributed by atoms with Crippen LogP contribution in [0.5, 0.6) is 11.5 Å². The molecule has 1 N–H and O–H groups in total. The summed E-state index contributed by atoms with van der Waals surface area (Å²) < 4.78 is 6.13. The van der Waals surface area contributed by atoms with Gasteiger partial charge in [0.1, 0.15) is 11.5 Å². The number of phenols is 1. The number of phenolic OH excluding ortho intramolecular Hbond substituents is 1. The van der Waals surface area contributed by atoms with Gasteiger partial charge in [-0.15, -0.1) is 6.58 Å². The summed E-state index contributed by atoms with van der Waals surface area (Å²) in [6.45, 7) is 12.2. The Balaban J connectivity index is 2.87. The third-order valence-corrected chi connectivity index (χ3v) is 4.09. The highest BCUT2D eigenvalue weighted by Crippen LogP contribution is 2.45. The van der Waals surface area contributed by atoms with Crippen LogP contribution in [0.15, 0.2) is 36.9 Å². The molecular formula is C20H26O2. The quantitative estimate of drug-likeness (QED) is 0.706. The van der Waals surface area contributed by atoms with E-state index in [1.165, 1.54) is 0 Å². The Hall–Kier alpha value is -1.96. The molecule has 0 aliphatic heterocycles. The molecule has 2 aromatic carbocycles. The topological polar surface area (TPSA) is 29.5 Å². The molecule has 1 unspecified atom stereocenters. The predicted octanol–water partition coefficient (Wildman–Crippen LogP) is 5.57. The van der Waals surface area contributed by atoms with Gasteiger partial charge >= 0.3 is 0 Å². The molecule has 0 aromatic heterocycles. The Morgan fingerprint density at radius 3 is 2.36 bits per heavy atom. The fraction of sp³-hybridized carbons (Fsp3) is 0.400. The molecule has 1 atom stereocenters. The minimum atomic E-state index is 0.0620. The van der Waals surface area contributed by atoms with Crippen molar-refractivity contribution in [2.24, 2.45) is 0 Å². The van der Waals surface area contributed by atoms with E-state index >= 15 is 0 Å². The summed E-state index contributed by atoms with van der Waals surface area (Å²) in [6, 6.07) is 7.98. The fourth-order valence-electron chi connectivity index (χ4n) is 2.87. The normalized spacial score (nSPS) is 12.6. The van der Waals surface area contributed by atoms with Crippen molar-refractivity contribution in [1.82, 2.24) is 0 Å². The Kier molecular flexibility index (Phi) is 5.12. The van der Waals surface area contributed by atoms with E-state index in [-0.39, 0.29) is 12.0 Å². The smallest absolute Gasteiger partial charge is 0.130 e. The highest BCUT2D eigenvalue weighted by Gasteiger charge is 2.23. The SMILES string of the molecule is C=CCc1c(OC(C)C)c(C(C)CC)c(O)c2ccccc12. The van der Waals surface area contributed by atoms with E-state index < -0.39 is 0 Å². The average molecular weight is 298 g/mol. The van der Waals surface area contributed by atoms with Crippen LogP contribution in [0.3, 0.4) is 0 Å². The molecule has 2 rings (SSSR count). The fourth-order valence-corrected chi connectivity index (χ4v) is 2.87. The largest absolute Gasteiger partial charge is 0.507 e. The number of hydrogen-bond donors (Lipinski definition) is 1. The van der Waals surface area contributed by atoms with Crippen molar-refractivity contribution in [2.75, 3.05) is 0 Å². The highest BCUT2D eigenvalue weighted by atomic mass is 16.5. The third kappa shape index (κ3) is 2.96. The Labute approximate surface area is 133 Å². The molecule has 0 saturated heterocycles. The summed E-state index contributed by atoms with van der Waals surface area (Å²) in [6.07, 6.45) is 3.64. The van der Waals surface area contributed by atoms with Crippen LogP contribution in [0, 0.1) is 0 Å². The molecule has 22 heavy (non-hydrogen) atoms. The van der Waals surface area contributed by atoms with E-state index in [0.717, 1.165) is 40.5 Å². The van der Waals surface area contributed by atoms with Gasteiger partial charge in [0.15, 0.2) is 0 Å². The lowest BCUT2D eigenvalue weighted by Gasteiger charge is -2.24. The molecule has 0 bridgehead atoms. The zero-order valence-electron chi connectivity index (χ0n) is 14.0.